The van der Waals surface area contributed by atoms with E-state index in [1.807, 2.05) is 13.8 Å². The first-order valence-corrected chi connectivity index (χ1v) is 11.0. The average molecular weight is 472 g/mol. The van der Waals surface area contributed by atoms with Crippen molar-refractivity contribution in [3.8, 4) is 0 Å². The van der Waals surface area contributed by atoms with E-state index in [4.69, 9.17) is 11.6 Å². The number of amides is 1. The zero-order valence-corrected chi connectivity index (χ0v) is 19.0. The zero-order chi connectivity index (χ0) is 23.7. The average Bonchev–Trinajstić information content (AvgIpc) is 3.12. The number of aryl methyl sites for hydroxylation is 1. The summed E-state index contributed by atoms with van der Waals surface area (Å²) < 4.78 is 18.0. The third-order valence-electron chi connectivity index (χ3n) is 5.64. The summed E-state index contributed by atoms with van der Waals surface area (Å²) in [6, 6.07) is 10.9. The van der Waals surface area contributed by atoms with Gasteiger partial charge in [-0.3, -0.25) is 14.2 Å². The molecule has 0 bridgehead atoms. The molecule has 0 saturated heterocycles. The molecular weight excluding hydrogens is 449 g/mol. The summed E-state index contributed by atoms with van der Waals surface area (Å²) >= 11 is 6.13. The van der Waals surface area contributed by atoms with Gasteiger partial charge in [0.25, 0.3) is 5.56 Å². The lowest BCUT2D eigenvalue weighted by Crippen LogP contribution is -2.34. The molecule has 4 aromatic rings. The topological polar surface area (TPSA) is 90.4 Å². The van der Waals surface area contributed by atoms with Crippen molar-refractivity contribution < 1.29 is 9.18 Å². The van der Waals surface area contributed by atoms with E-state index >= 15 is 0 Å². The lowest BCUT2D eigenvalue weighted by molar-refractivity contribution is -0.121. The van der Waals surface area contributed by atoms with Gasteiger partial charge in [0.05, 0.1) is 17.4 Å². The number of nitrogens with zero attached hydrogens (tertiary/aromatic N) is 4. The van der Waals surface area contributed by atoms with Crippen LogP contribution in [0.5, 0.6) is 0 Å². The smallest absolute Gasteiger partial charge is 0.352 e. The molecule has 172 valence electrons. The van der Waals surface area contributed by atoms with E-state index in [2.05, 4.69) is 10.4 Å². The summed E-state index contributed by atoms with van der Waals surface area (Å²) in [5, 5.41) is 7.68. The number of carbonyl (C=O) groups is 1. The fourth-order valence-corrected chi connectivity index (χ4v) is 3.89. The first-order valence-electron chi connectivity index (χ1n) is 10.6. The van der Waals surface area contributed by atoms with Gasteiger partial charge in [0.1, 0.15) is 5.82 Å². The molecule has 10 heteroatoms. The van der Waals surface area contributed by atoms with Gasteiger partial charge in [0.2, 0.25) is 11.7 Å². The van der Waals surface area contributed by atoms with Gasteiger partial charge >= 0.3 is 5.69 Å². The molecule has 0 aliphatic carbocycles. The fraction of sp³-hybridized carbons (Fsp3) is 0.304. The van der Waals surface area contributed by atoms with Crippen molar-refractivity contribution in [3.63, 3.8) is 0 Å². The predicted octanol–water partition coefficient (Wildman–Crippen LogP) is 2.96. The minimum absolute atomic E-state index is 0.0122. The second-order valence-corrected chi connectivity index (χ2v) is 8.28. The molecule has 0 fully saturated rings. The highest BCUT2D eigenvalue weighted by molar-refractivity contribution is 6.31. The molecule has 2 aromatic heterocycles. The van der Waals surface area contributed by atoms with E-state index in [0.29, 0.717) is 10.9 Å². The van der Waals surface area contributed by atoms with Crippen molar-refractivity contribution in [2.45, 2.75) is 45.8 Å². The van der Waals surface area contributed by atoms with E-state index < -0.39 is 11.5 Å². The lowest BCUT2D eigenvalue weighted by Gasteiger charge is -2.12. The molecule has 0 saturated carbocycles. The molecular formula is C23H23ClFN5O3. The Kier molecular flexibility index (Phi) is 6.33. The molecule has 1 atom stereocenters. The van der Waals surface area contributed by atoms with Crippen LogP contribution in [-0.2, 0) is 17.9 Å². The largest absolute Gasteiger partial charge is 0.354 e. The molecule has 1 N–H and O–H groups in total. The third-order valence-corrected chi connectivity index (χ3v) is 5.99. The third kappa shape index (κ3) is 4.28. The summed E-state index contributed by atoms with van der Waals surface area (Å²) in [5.41, 5.74) is -0.404. The number of carbonyl (C=O) groups excluding carboxylic acids is 1. The number of para-hydroxylation sites is 1. The molecule has 2 aromatic carbocycles. The summed E-state index contributed by atoms with van der Waals surface area (Å²) in [5.74, 6) is -0.689. The molecule has 0 aliphatic heterocycles. The van der Waals surface area contributed by atoms with Crippen LogP contribution in [0, 0.1) is 5.82 Å². The SMILES string of the molecule is CCC(C)NC(=O)CCn1c(=O)c2ccccc2n2c(=O)n(Cc3c(F)cccc3Cl)nc12. The molecule has 0 aliphatic rings. The number of benzene rings is 2. The van der Waals surface area contributed by atoms with Gasteiger partial charge in [0.15, 0.2) is 0 Å². The van der Waals surface area contributed by atoms with E-state index in [0.717, 1.165) is 11.1 Å². The second-order valence-electron chi connectivity index (χ2n) is 7.88. The zero-order valence-electron chi connectivity index (χ0n) is 18.2. The summed E-state index contributed by atoms with van der Waals surface area (Å²) in [4.78, 5) is 38.8. The van der Waals surface area contributed by atoms with Crippen LogP contribution in [0.2, 0.25) is 5.02 Å². The Morgan fingerprint density at radius 1 is 1.18 bits per heavy atom. The van der Waals surface area contributed by atoms with Gasteiger partial charge < -0.3 is 5.32 Å². The molecule has 33 heavy (non-hydrogen) atoms. The molecule has 2 heterocycles. The second kappa shape index (κ2) is 9.19. The highest BCUT2D eigenvalue weighted by atomic mass is 35.5. The monoisotopic (exact) mass is 471 g/mol. The highest BCUT2D eigenvalue weighted by Gasteiger charge is 2.19. The van der Waals surface area contributed by atoms with Crippen molar-refractivity contribution in [1.82, 2.24) is 24.1 Å². The van der Waals surface area contributed by atoms with E-state index in [1.54, 1.807) is 24.3 Å². The number of nitrogens with one attached hydrogen (secondary N) is 1. The number of aromatic nitrogens is 4. The number of fused-ring (bicyclic) bond motifs is 3. The molecule has 4 rings (SSSR count). The van der Waals surface area contributed by atoms with Crippen molar-refractivity contribution in [3.05, 3.63) is 79.7 Å². The summed E-state index contributed by atoms with van der Waals surface area (Å²) in [6.45, 7) is 3.69. The van der Waals surface area contributed by atoms with E-state index in [-0.39, 0.29) is 53.4 Å². The van der Waals surface area contributed by atoms with Crippen molar-refractivity contribution in [1.29, 1.82) is 0 Å². The molecule has 0 radical (unpaired) electrons. The van der Waals surface area contributed by atoms with Crippen LogP contribution in [0.1, 0.15) is 32.3 Å². The number of halogens is 2. The Hall–Kier alpha value is -3.46. The summed E-state index contributed by atoms with van der Waals surface area (Å²) in [7, 11) is 0. The minimum atomic E-state index is -0.560. The number of hydrogen-bond acceptors (Lipinski definition) is 4. The van der Waals surface area contributed by atoms with E-state index in [9.17, 15) is 18.8 Å². The van der Waals surface area contributed by atoms with Gasteiger partial charge in [0, 0.05) is 29.6 Å². The fourth-order valence-electron chi connectivity index (χ4n) is 3.67. The van der Waals surface area contributed by atoms with Crippen LogP contribution in [0.25, 0.3) is 16.7 Å². The van der Waals surface area contributed by atoms with Gasteiger partial charge in [-0.25, -0.2) is 18.3 Å². The van der Waals surface area contributed by atoms with Crippen LogP contribution in [0.3, 0.4) is 0 Å². The predicted molar refractivity (Wildman–Crippen MR) is 124 cm³/mol. The van der Waals surface area contributed by atoms with Gasteiger partial charge in [-0.15, -0.1) is 5.10 Å². The Morgan fingerprint density at radius 2 is 1.94 bits per heavy atom. The number of hydrogen-bond donors (Lipinski definition) is 1. The van der Waals surface area contributed by atoms with E-state index in [1.165, 1.54) is 27.2 Å². The van der Waals surface area contributed by atoms with Gasteiger partial charge in [-0.2, -0.15) is 0 Å². The maximum Gasteiger partial charge on any atom is 0.352 e. The lowest BCUT2D eigenvalue weighted by atomic mass is 10.2. The van der Waals surface area contributed by atoms with Crippen molar-refractivity contribution >= 4 is 34.2 Å². The molecule has 8 nitrogen and oxygen atoms in total. The quantitative estimate of drug-likeness (QED) is 0.448. The van der Waals surface area contributed by atoms with Gasteiger partial charge in [-0.1, -0.05) is 36.7 Å². The molecule has 1 unspecified atom stereocenters. The summed E-state index contributed by atoms with van der Waals surface area (Å²) in [6.07, 6.45) is 0.822. The van der Waals surface area contributed by atoms with Crippen molar-refractivity contribution in [2.24, 2.45) is 0 Å². The first kappa shape index (κ1) is 22.7. The maximum atomic E-state index is 14.3. The minimum Gasteiger partial charge on any atom is -0.354 e. The number of rotatable bonds is 7. The first-order chi connectivity index (χ1) is 15.8. The van der Waals surface area contributed by atoms with Gasteiger partial charge in [-0.05, 0) is 37.6 Å². The van der Waals surface area contributed by atoms with Crippen LogP contribution in [0.4, 0.5) is 4.39 Å². The maximum absolute atomic E-state index is 14.3. The Morgan fingerprint density at radius 3 is 2.67 bits per heavy atom. The molecule has 1 amide bonds. The van der Waals surface area contributed by atoms with Crippen LogP contribution in [0.15, 0.2) is 52.1 Å². The Balaban J connectivity index is 1.84. The highest BCUT2D eigenvalue weighted by Crippen LogP contribution is 2.20. The van der Waals surface area contributed by atoms with Crippen LogP contribution < -0.4 is 16.6 Å². The van der Waals surface area contributed by atoms with Crippen LogP contribution in [-0.4, -0.2) is 30.7 Å². The Bertz CT molecular complexity index is 1450. The Labute approximate surface area is 193 Å². The molecule has 0 spiro atoms. The normalized spacial score (nSPS) is 12.4. The van der Waals surface area contributed by atoms with Crippen molar-refractivity contribution in [2.75, 3.05) is 0 Å². The standard InChI is InChI=1S/C23H23ClFN5O3/c1-3-14(2)26-20(31)11-12-28-21(32)15-7-4-5-10-19(15)30-22(28)27-29(23(30)33)13-16-17(24)8-6-9-18(16)25/h4-10,14H,3,11-13H2,1-2H3,(H,26,31). The van der Waals surface area contributed by atoms with Crippen LogP contribution >= 0.6 is 11.6 Å².